The summed E-state index contributed by atoms with van der Waals surface area (Å²) < 4.78 is 1.73. The van der Waals surface area contributed by atoms with Gasteiger partial charge in [0, 0.05) is 11.3 Å². The van der Waals surface area contributed by atoms with Crippen molar-refractivity contribution in [2.75, 3.05) is 5.32 Å². The topological polar surface area (TPSA) is 101 Å². The molecule has 0 radical (unpaired) electrons. The molecule has 0 spiro atoms. The first-order chi connectivity index (χ1) is 12.8. The van der Waals surface area contributed by atoms with Crippen LogP contribution in [0.25, 0.3) is 11.3 Å². The molecule has 2 aromatic carbocycles. The van der Waals surface area contributed by atoms with E-state index in [-0.39, 0.29) is 11.6 Å². The molecule has 0 aliphatic heterocycles. The van der Waals surface area contributed by atoms with Gasteiger partial charge in [0.05, 0.1) is 6.54 Å². The van der Waals surface area contributed by atoms with Gasteiger partial charge in [-0.25, -0.2) is 9.67 Å². The van der Waals surface area contributed by atoms with Gasteiger partial charge in [-0.3, -0.25) is 4.79 Å². The van der Waals surface area contributed by atoms with Crippen molar-refractivity contribution in [1.29, 1.82) is 0 Å². The number of rotatable bonds is 5. The average Bonchev–Trinajstić information content (AvgIpc) is 3.36. The molecule has 0 aliphatic carbocycles. The number of nitrogens with zero attached hydrogens (tertiary/aromatic N) is 5. The van der Waals surface area contributed by atoms with Crippen molar-refractivity contribution >= 4 is 11.6 Å². The number of aromatic amines is 1. The van der Waals surface area contributed by atoms with E-state index in [0.717, 1.165) is 11.1 Å². The zero-order chi connectivity index (χ0) is 17.8. The Morgan fingerprint density at radius 1 is 1.04 bits per heavy atom. The van der Waals surface area contributed by atoms with E-state index in [2.05, 4.69) is 30.8 Å². The molecule has 128 valence electrons. The molecule has 0 unspecified atom stereocenters. The van der Waals surface area contributed by atoms with Crippen molar-refractivity contribution < 1.29 is 4.79 Å². The molecule has 0 bridgehead atoms. The summed E-state index contributed by atoms with van der Waals surface area (Å²) in [5.41, 5.74) is 3.34. The molecule has 2 aromatic heterocycles. The number of carbonyl (C=O) groups is 1. The fourth-order valence-corrected chi connectivity index (χ4v) is 2.57. The van der Waals surface area contributed by atoms with Crippen LogP contribution in [0.2, 0.25) is 0 Å². The molecular weight excluding hydrogens is 330 g/mol. The number of hydrogen-bond donors (Lipinski definition) is 2. The summed E-state index contributed by atoms with van der Waals surface area (Å²) in [6.45, 7) is 0.621. The molecule has 0 atom stereocenters. The number of H-pyrrole nitrogens is 1. The minimum atomic E-state index is -0.318. The van der Waals surface area contributed by atoms with E-state index in [1.54, 1.807) is 11.0 Å². The molecule has 8 nitrogen and oxygen atoms in total. The van der Waals surface area contributed by atoms with Gasteiger partial charge in [-0.1, -0.05) is 42.5 Å². The quantitative estimate of drug-likeness (QED) is 0.578. The first-order valence-corrected chi connectivity index (χ1v) is 7.98. The summed E-state index contributed by atoms with van der Waals surface area (Å²) in [5, 5.41) is 17.5. The number of carbonyl (C=O) groups excluding carboxylic acids is 1. The Morgan fingerprint density at radius 3 is 2.58 bits per heavy atom. The van der Waals surface area contributed by atoms with E-state index in [4.69, 9.17) is 0 Å². The number of amides is 1. The summed E-state index contributed by atoms with van der Waals surface area (Å²) in [7, 11) is 0. The minimum Gasteiger partial charge on any atom is -0.321 e. The Labute approximate surface area is 148 Å². The highest BCUT2D eigenvalue weighted by Crippen LogP contribution is 2.20. The number of hydrogen-bond acceptors (Lipinski definition) is 5. The fourth-order valence-electron chi connectivity index (χ4n) is 2.57. The Kier molecular flexibility index (Phi) is 4.21. The zero-order valence-electron chi connectivity index (χ0n) is 13.7. The first-order valence-electron chi connectivity index (χ1n) is 7.98. The first kappa shape index (κ1) is 15.7. The van der Waals surface area contributed by atoms with Crippen molar-refractivity contribution in [3.05, 3.63) is 78.5 Å². The molecule has 0 fully saturated rings. The lowest BCUT2D eigenvalue weighted by atomic mass is 10.1. The molecule has 0 saturated carbocycles. The fraction of sp³-hybridized carbons (Fsp3) is 0.0556. The molecule has 2 heterocycles. The highest BCUT2D eigenvalue weighted by Gasteiger charge is 2.17. The van der Waals surface area contributed by atoms with E-state index in [0.29, 0.717) is 17.9 Å². The number of anilines is 1. The van der Waals surface area contributed by atoms with Gasteiger partial charge in [-0.15, -0.1) is 0 Å². The van der Waals surface area contributed by atoms with Gasteiger partial charge < -0.3 is 5.32 Å². The maximum atomic E-state index is 12.6. The van der Waals surface area contributed by atoms with Gasteiger partial charge in [0.15, 0.2) is 5.69 Å². The lowest BCUT2D eigenvalue weighted by Gasteiger charge is -2.06. The van der Waals surface area contributed by atoms with Crippen LogP contribution in [0.4, 0.5) is 5.69 Å². The summed E-state index contributed by atoms with van der Waals surface area (Å²) >= 11 is 0. The normalized spacial score (nSPS) is 10.6. The Hall–Kier alpha value is -3.81. The van der Waals surface area contributed by atoms with E-state index < -0.39 is 0 Å². The molecule has 8 heteroatoms. The summed E-state index contributed by atoms with van der Waals surface area (Å²) in [6.07, 6.45) is 3.15. The third kappa shape index (κ3) is 3.34. The van der Waals surface area contributed by atoms with Crippen LogP contribution >= 0.6 is 0 Å². The molecule has 4 rings (SSSR count). The molecule has 1 amide bonds. The highest BCUT2D eigenvalue weighted by atomic mass is 16.2. The standard InChI is InChI=1S/C18H15N7O/c26-18(17-16(22-24-23-17)14-4-2-1-3-5-14)21-15-8-6-13(7-9-15)10-25-12-19-11-20-25/h1-9,11-12H,10H2,(H,21,26)(H,22,23,24). The van der Waals surface area contributed by atoms with E-state index in [1.807, 2.05) is 54.6 Å². The Bertz CT molecular complexity index is 992. The third-order valence-electron chi connectivity index (χ3n) is 3.83. The van der Waals surface area contributed by atoms with Crippen LogP contribution in [0.15, 0.2) is 67.3 Å². The SMILES string of the molecule is O=C(Nc1ccc(Cn2cncn2)cc1)c1n[nH]nc1-c1ccccc1. The molecule has 0 aliphatic rings. The maximum Gasteiger partial charge on any atom is 0.278 e. The molecule has 4 aromatic rings. The van der Waals surface area contributed by atoms with Crippen LogP contribution in [0.3, 0.4) is 0 Å². The van der Waals surface area contributed by atoms with Crippen LogP contribution in [0, 0.1) is 0 Å². The van der Waals surface area contributed by atoms with Crippen molar-refractivity contribution in [3.8, 4) is 11.3 Å². The molecule has 2 N–H and O–H groups in total. The van der Waals surface area contributed by atoms with Crippen molar-refractivity contribution in [3.63, 3.8) is 0 Å². The van der Waals surface area contributed by atoms with Gasteiger partial charge in [-0.2, -0.15) is 20.5 Å². The predicted octanol–water partition coefficient (Wildman–Crippen LogP) is 2.36. The summed E-state index contributed by atoms with van der Waals surface area (Å²) in [4.78, 5) is 16.5. The number of benzene rings is 2. The Morgan fingerprint density at radius 2 is 1.85 bits per heavy atom. The summed E-state index contributed by atoms with van der Waals surface area (Å²) in [5.74, 6) is -0.318. The van der Waals surface area contributed by atoms with Crippen LogP contribution in [-0.2, 0) is 6.54 Å². The van der Waals surface area contributed by atoms with Gasteiger partial charge >= 0.3 is 0 Å². The predicted molar refractivity (Wildman–Crippen MR) is 95.3 cm³/mol. The van der Waals surface area contributed by atoms with Crippen LogP contribution < -0.4 is 5.32 Å². The molecule has 26 heavy (non-hydrogen) atoms. The van der Waals surface area contributed by atoms with Crippen LogP contribution in [-0.4, -0.2) is 36.1 Å². The molecule has 0 saturated heterocycles. The van der Waals surface area contributed by atoms with Crippen molar-refractivity contribution in [2.24, 2.45) is 0 Å². The van der Waals surface area contributed by atoms with Crippen molar-refractivity contribution in [2.45, 2.75) is 6.54 Å². The lowest BCUT2D eigenvalue weighted by molar-refractivity contribution is 0.102. The maximum absolute atomic E-state index is 12.6. The second kappa shape index (κ2) is 6.98. The minimum absolute atomic E-state index is 0.253. The van der Waals surface area contributed by atoms with Gasteiger partial charge in [0.2, 0.25) is 0 Å². The second-order valence-corrected chi connectivity index (χ2v) is 5.63. The highest BCUT2D eigenvalue weighted by molar-refractivity contribution is 6.06. The average molecular weight is 345 g/mol. The number of aromatic nitrogens is 6. The smallest absolute Gasteiger partial charge is 0.278 e. The van der Waals surface area contributed by atoms with E-state index in [1.165, 1.54) is 6.33 Å². The van der Waals surface area contributed by atoms with E-state index >= 15 is 0 Å². The van der Waals surface area contributed by atoms with Gasteiger partial charge in [0.1, 0.15) is 18.3 Å². The van der Waals surface area contributed by atoms with Crippen LogP contribution in [0.5, 0.6) is 0 Å². The zero-order valence-corrected chi connectivity index (χ0v) is 13.7. The Balaban J connectivity index is 1.48. The molecular formula is C18H15N7O. The number of nitrogens with one attached hydrogen (secondary N) is 2. The largest absolute Gasteiger partial charge is 0.321 e. The van der Waals surface area contributed by atoms with Crippen molar-refractivity contribution in [1.82, 2.24) is 30.2 Å². The second-order valence-electron chi connectivity index (χ2n) is 5.63. The monoisotopic (exact) mass is 345 g/mol. The lowest BCUT2D eigenvalue weighted by Crippen LogP contribution is -2.13. The van der Waals surface area contributed by atoms with Crippen LogP contribution in [0.1, 0.15) is 16.1 Å². The third-order valence-corrected chi connectivity index (χ3v) is 3.83. The summed E-state index contributed by atoms with van der Waals surface area (Å²) in [6, 6.07) is 17.0. The van der Waals surface area contributed by atoms with E-state index in [9.17, 15) is 4.79 Å². The van der Waals surface area contributed by atoms with Gasteiger partial charge in [0.25, 0.3) is 5.91 Å². The van der Waals surface area contributed by atoms with Gasteiger partial charge in [-0.05, 0) is 17.7 Å².